The highest BCUT2D eigenvalue weighted by Gasteiger charge is 2.04. The van der Waals surface area contributed by atoms with Crippen molar-refractivity contribution in [1.29, 1.82) is 0 Å². The van der Waals surface area contributed by atoms with Crippen LogP contribution in [0.3, 0.4) is 0 Å². The third kappa shape index (κ3) is 5.48. The van der Waals surface area contributed by atoms with E-state index in [1.54, 1.807) is 12.4 Å². The van der Waals surface area contributed by atoms with Gasteiger partial charge in [-0.2, -0.15) is 0 Å². The second-order valence-corrected chi connectivity index (χ2v) is 6.17. The average Bonchev–Trinajstić information content (AvgIpc) is 2.46. The molecular weight excluding hydrogens is 328 g/mol. The first-order chi connectivity index (χ1) is 10.1. The molecule has 3 nitrogen and oxygen atoms in total. The van der Waals surface area contributed by atoms with Gasteiger partial charge in [0.2, 0.25) is 0 Å². The Labute approximate surface area is 134 Å². The van der Waals surface area contributed by atoms with E-state index in [9.17, 15) is 0 Å². The van der Waals surface area contributed by atoms with Crippen molar-refractivity contribution in [1.82, 2.24) is 10.3 Å². The highest BCUT2D eigenvalue weighted by molar-refractivity contribution is 9.10. The lowest BCUT2D eigenvalue weighted by Gasteiger charge is -2.12. The van der Waals surface area contributed by atoms with E-state index in [1.165, 1.54) is 11.1 Å². The number of aromatic nitrogens is 1. The summed E-state index contributed by atoms with van der Waals surface area (Å²) >= 11 is 3.40. The van der Waals surface area contributed by atoms with Crippen LogP contribution in [0.2, 0.25) is 0 Å². The van der Waals surface area contributed by atoms with Crippen molar-refractivity contribution in [3.8, 4) is 5.75 Å². The van der Waals surface area contributed by atoms with Gasteiger partial charge in [0.15, 0.2) is 0 Å². The van der Waals surface area contributed by atoms with Crippen molar-refractivity contribution in [3.05, 3.63) is 58.3 Å². The second kappa shape index (κ2) is 8.15. The molecule has 0 saturated heterocycles. The van der Waals surface area contributed by atoms with Crippen LogP contribution in [0.1, 0.15) is 25.0 Å². The number of halogens is 1. The summed E-state index contributed by atoms with van der Waals surface area (Å²) in [7, 11) is 0. The predicted molar refractivity (Wildman–Crippen MR) is 89.6 cm³/mol. The zero-order chi connectivity index (χ0) is 15.1. The van der Waals surface area contributed by atoms with Gasteiger partial charge in [0.25, 0.3) is 0 Å². The minimum absolute atomic E-state index is 0.515. The zero-order valence-corrected chi connectivity index (χ0v) is 14.1. The molecule has 0 aliphatic rings. The monoisotopic (exact) mass is 348 g/mol. The molecule has 1 aromatic carbocycles. The third-order valence-corrected chi connectivity index (χ3v) is 3.57. The molecule has 1 heterocycles. The second-order valence-electron chi connectivity index (χ2n) is 5.26. The lowest BCUT2D eigenvalue weighted by atomic mass is 10.1. The van der Waals surface area contributed by atoms with Crippen molar-refractivity contribution in [2.45, 2.75) is 32.9 Å². The normalized spacial score (nSPS) is 10.9. The van der Waals surface area contributed by atoms with Gasteiger partial charge in [-0.15, -0.1) is 0 Å². The maximum atomic E-state index is 5.83. The molecule has 0 aliphatic heterocycles. The molecule has 1 aromatic heterocycles. The Kier molecular flexibility index (Phi) is 6.21. The molecule has 0 unspecified atom stereocenters. The predicted octanol–water partition coefficient (Wildman–Crippen LogP) is 3.96. The van der Waals surface area contributed by atoms with Gasteiger partial charge >= 0.3 is 0 Å². The van der Waals surface area contributed by atoms with Crippen LogP contribution in [0.5, 0.6) is 5.75 Å². The molecule has 1 N–H and O–H groups in total. The zero-order valence-electron chi connectivity index (χ0n) is 12.5. The maximum absolute atomic E-state index is 5.83. The fraction of sp³-hybridized carbons (Fsp3) is 0.353. The van der Waals surface area contributed by atoms with Gasteiger partial charge in [0.1, 0.15) is 12.4 Å². The van der Waals surface area contributed by atoms with E-state index in [1.807, 2.05) is 6.07 Å². The van der Waals surface area contributed by atoms with E-state index in [2.05, 4.69) is 64.3 Å². The summed E-state index contributed by atoms with van der Waals surface area (Å²) in [6, 6.07) is 10.9. The summed E-state index contributed by atoms with van der Waals surface area (Å²) < 4.78 is 6.75. The van der Waals surface area contributed by atoms with Crippen LogP contribution in [0.15, 0.2) is 47.2 Å². The van der Waals surface area contributed by atoms with E-state index >= 15 is 0 Å². The van der Waals surface area contributed by atoms with Crippen LogP contribution in [0, 0.1) is 0 Å². The third-order valence-electron chi connectivity index (χ3n) is 3.14. The Balaban J connectivity index is 1.96. The standard InChI is InChI=1S/C17H21BrN2O/c1-13(2)20-8-7-14-5-3-4-6-15(14)12-21-17-9-16(18)10-19-11-17/h3-6,9-11,13,20H,7-8,12H2,1-2H3. The molecule has 0 amide bonds. The van der Waals surface area contributed by atoms with Crippen LogP contribution < -0.4 is 10.1 Å². The minimum atomic E-state index is 0.515. The SMILES string of the molecule is CC(C)NCCc1ccccc1COc1cncc(Br)c1. The molecule has 0 fully saturated rings. The molecule has 2 aromatic rings. The first-order valence-electron chi connectivity index (χ1n) is 7.18. The lowest BCUT2D eigenvalue weighted by molar-refractivity contribution is 0.303. The number of ether oxygens (including phenoxy) is 1. The number of pyridine rings is 1. The summed E-state index contributed by atoms with van der Waals surface area (Å²) in [6.45, 7) is 5.87. The highest BCUT2D eigenvalue weighted by atomic mass is 79.9. The summed E-state index contributed by atoms with van der Waals surface area (Å²) in [5.74, 6) is 0.777. The smallest absolute Gasteiger partial charge is 0.139 e. The number of nitrogens with zero attached hydrogens (tertiary/aromatic N) is 1. The van der Waals surface area contributed by atoms with Crippen LogP contribution in [0.4, 0.5) is 0 Å². The van der Waals surface area contributed by atoms with E-state index in [-0.39, 0.29) is 0 Å². The Morgan fingerprint density at radius 3 is 2.67 bits per heavy atom. The molecule has 4 heteroatoms. The van der Waals surface area contributed by atoms with Crippen molar-refractivity contribution in [3.63, 3.8) is 0 Å². The minimum Gasteiger partial charge on any atom is -0.487 e. The fourth-order valence-electron chi connectivity index (χ4n) is 2.07. The van der Waals surface area contributed by atoms with Gasteiger partial charge in [-0.25, -0.2) is 0 Å². The number of hydrogen-bond acceptors (Lipinski definition) is 3. The Morgan fingerprint density at radius 2 is 1.95 bits per heavy atom. The summed E-state index contributed by atoms with van der Waals surface area (Å²) in [6.07, 6.45) is 4.49. The number of nitrogens with one attached hydrogen (secondary N) is 1. The molecule has 112 valence electrons. The first-order valence-corrected chi connectivity index (χ1v) is 7.98. The quantitative estimate of drug-likeness (QED) is 0.822. The van der Waals surface area contributed by atoms with E-state index in [0.717, 1.165) is 23.2 Å². The van der Waals surface area contributed by atoms with E-state index in [0.29, 0.717) is 12.6 Å². The largest absolute Gasteiger partial charge is 0.487 e. The van der Waals surface area contributed by atoms with Gasteiger partial charge in [0, 0.05) is 16.7 Å². The number of rotatable bonds is 7. The van der Waals surface area contributed by atoms with Crippen LogP contribution in [-0.4, -0.2) is 17.6 Å². The van der Waals surface area contributed by atoms with Crippen LogP contribution >= 0.6 is 15.9 Å². The van der Waals surface area contributed by atoms with Gasteiger partial charge < -0.3 is 10.1 Å². The Bertz CT molecular complexity index is 572. The van der Waals surface area contributed by atoms with E-state index in [4.69, 9.17) is 4.74 Å². The first kappa shape index (κ1) is 16.0. The molecule has 2 rings (SSSR count). The van der Waals surface area contributed by atoms with Gasteiger partial charge in [-0.05, 0) is 46.1 Å². The Morgan fingerprint density at radius 1 is 1.19 bits per heavy atom. The van der Waals surface area contributed by atoms with E-state index < -0.39 is 0 Å². The van der Waals surface area contributed by atoms with Crippen molar-refractivity contribution >= 4 is 15.9 Å². The number of hydrogen-bond donors (Lipinski definition) is 1. The molecule has 0 atom stereocenters. The topological polar surface area (TPSA) is 34.1 Å². The molecule has 0 radical (unpaired) electrons. The van der Waals surface area contributed by atoms with Gasteiger partial charge in [-0.3, -0.25) is 4.98 Å². The summed E-state index contributed by atoms with van der Waals surface area (Å²) in [4.78, 5) is 4.11. The van der Waals surface area contributed by atoms with Gasteiger partial charge in [-0.1, -0.05) is 38.1 Å². The van der Waals surface area contributed by atoms with Crippen molar-refractivity contribution in [2.24, 2.45) is 0 Å². The molecule has 0 aliphatic carbocycles. The Hall–Kier alpha value is -1.39. The average molecular weight is 349 g/mol. The molecule has 0 spiro atoms. The summed E-state index contributed by atoms with van der Waals surface area (Å²) in [5.41, 5.74) is 2.55. The lowest BCUT2D eigenvalue weighted by Crippen LogP contribution is -2.25. The molecule has 0 saturated carbocycles. The molecule has 21 heavy (non-hydrogen) atoms. The summed E-state index contributed by atoms with van der Waals surface area (Å²) in [5, 5.41) is 3.45. The molecule has 0 bridgehead atoms. The molecular formula is C17H21BrN2O. The van der Waals surface area contributed by atoms with Crippen molar-refractivity contribution in [2.75, 3.05) is 6.54 Å². The van der Waals surface area contributed by atoms with Gasteiger partial charge in [0.05, 0.1) is 6.20 Å². The fourth-order valence-corrected chi connectivity index (χ4v) is 2.41. The highest BCUT2D eigenvalue weighted by Crippen LogP contribution is 2.18. The van der Waals surface area contributed by atoms with Crippen LogP contribution in [0.25, 0.3) is 0 Å². The van der Waals surface area contributed by atoms with Crippen LogP contribution in [-0.2, 0) is 13.0 Å². The maximum Gasteiger partial charge on any atom is 0.139 e. The van der Waals surface area contributed by atoms with Crippen molar-refractivity contribution < 1.29 is 4.74 Å². The number of benzene rings is 1.